The van der Waals surface area contributed by atoms with Crippen molar-refractivity contribution < 1.29 is 9.47 Å². The van der Waals surface area contributed by atoms with Crippen molar-refractivity contribution in [2.45, 2.75) is 18.5 Å². The number of para-hydroxylation sites is 1. The minimum absolute atomic E-state index is 0.250. The fourth-order valence-corrected chi connectivity index (χ4v) is 3.40. The van der Waals surface area contributed by atoms with E-state index in [1.54, 1.807) is 0 Å². The molecule has 4 rings (SSSR count). The summed E-state index contributed by atoms with van der Waals surface area (Å²) in [6.07, 6.45) is 0.967. The highest BCUT2D eigenvalue weighted by Gasteiger charge is 2.26. The lowest BCUT2D eigenvalue weighted by Crippen LogP contribution is -2.26. The predicted molar refractivity (Wildman–Crippen MR) is 111 cm³/mol. The molecule has 1 heterocycles. The van der Waals surface area contributed by atoms with Crippen LogP contribution in [0.4, 0.5) is 5.69 Å². The molecular formula is C23H25N3O2. The fourth-order valence-electron chi connectivity index (χ4n) is 3.40. The van der Waals surface area contributed by atoms with Crippen molar-refractivity contribution in [3.8, 4) is 11.5 Å². The molecule has 1 saturated heterocycles. The van der Waals surface area contributed by atoms with E-state index in [4.69, 9.17) is 15.2 Å². The summed E-state index contributed by atoms with van der Waals surface area (Å²) in [5.74, 6) is 1.70. The van der Waals surface area contributed by atoms with Crippen LogP contribution in [-0.2, 0) is 0 Å². The Bertz CT molecular complexity index is 884. The molecular weight excluding hydrogens is 350 g/mol. The molecule has 1 fully saturated rings. The van der Waals surface area contributed by atoms with Gasteiger partial charge in [0.25, 0.3) is 0 Å². The van der Waals surface area contributed by atoms with Gasteiger partial charge in [0.2, 0.25) is 0 Å². The van der Waals surface area contributed by atoms with Crippen molar-refractivity contribution in [3.63, 3.8) is 0 Å². The van der Waals surface area contributed by atoms with Gasteiger partial charge in [-0.2, -0.15) is 0 Å². The van der Waals surface area contributed by atoms with Gasteiger partial charge in [0.15, 0.2) is 0 Å². The monoisotopic (exact) mass is 375 g/mol. The largest absolute Gasteiger partial charge is 0.490 e. The Morgan fingerprint density at radius 2 is 1.36 bits per heavy atom. The number of hydrogen-bond acceptors (Lipinski definition) is 5. The number of nitrogens with two attached hydrogens (primary N) is 1. The van der Waals surface area contributed by atoms with Crippen molar-refractivity contribution in [2.24, 2.45) is 0 Å². The van der Waals surface area contributed by atoms with Gasteiger partial charge >= 0.3 is 0 Å². The van der Waals surface area contributed by atoms with E-state index in [0.29, 0.717) is 13.2 Å². The first-order chi connectivity index (χ1) is 13.8. The number of benzene rings is 3. The third kappa shape index (κ3) is 4.63. The summed E-state index contributed by atoms with van der Waals surface area (Å²) in [5.41, 5.74) is 15.9. The lowest BCUT2D eigenvalue weighted by atomic mass is 9.97. The predicted octanol–water partition coefficient (Wildman–Crippen LogP) is 4.01. The van der Waals surface area contributed by atoms with Crippen LogP contribution in [0, 0.1) is 0 Å². The zero-order valence-corrected chi connectivity index (χ0v) is 15.7. The van der Waals surface area contributed by atoms with E-state index < -0.39 is 0 Å². The van der Waals surface area contributed by atoms with Gasteiger partial charge < -0.3 is 15.2 Å². The van der Waals surface area contributed by atoms with E-state index in [1.165, 1.54) is 11.1 Å². The molecule has 0 saturated carbocycles. The summed E-state index contributed by atoms with van der Waals surface area (Å²) in [6, 6.07) is 26.5. The van der Waals surface area contributed by atoms with E-state index in [-0.39, 0.29) is 12.1 Å². The fraction of sp³-hybridized carbons (Fsp3) is 0.217. The molecule has 1 aliphatic rings. The number of nitrogen functional groups attached to an aromatic ring is 1. The van der Waals surface area contributed by atoms with Crippen LogP contribution < -0.4 is 26.1 Å². The van der Waals surface area contributed by atoms with Gasteiger partial charge in [-0.3, -0.25) is 0 Å². The van der Waals surface area contributed by atoms with Crippen molar-refractivity contribution in [2.75, 3.05) is 18.9 Å². The minimum Gasteiger partial charge on any atom is -0.490 e. The molecule has 3 aromatic carbocycles. The molecule has 0 aromatic heterocycles. The summed E-state index contributed by atoms with van der Waals surface area (Å²) < 4.78 is 11.4. The molecule has 5 nitrogen and oxygen atoms in total. The zero-order chi connectivity index (χ0) is 19.2. The minimum atomic E-state index is 0.250. The maximum absolute atomic E-state index is 5.90. The van der Waals surface area contributed by atoms with Crippen LogP contribution in [0.1, 0.15) is 29.6 Å². The summed E-state index contributed by atoms with van der Waals surface area (Å²) in [6.45, 7) is 1.02. The van der Waals surface area contributed by atoms with Gasteiger partial charge in [-0.15, -0.1) is 0 Å². The molecule has 5 heteroatoms. The van der Waals surface area contributed by atoms with E-state index in [1.807, 2.05) is 60.7 Å². The average Bonchev–Trinajstić information content (AvgIpc) is 3.23. The van der Waals surface area contributed by atoms with Crippen LogP contribution in [0.5, 0.6) is 11.5 Å². The van der Waals surface area contributed by atoms with E-state index in [2.05, 4.69) is 29.1 Å². The Labute approximate surface area is 165 Å². The number of hydrogen-bond donors (Lipinski definition) is 3. The third-order valence-electron chi connectivity index (χ3n) is 4.86. The van der Waals surface area contributed by atoms with Gasteiger partial charge in [0.05, 0.1) is 0 Å². The molecule has 4 N–H and O–H groups in total. The number of ether oxygens (including phenoxy) is 2. The second-order valence-corrected chi connectivity index (χ2v) is 6.88. The Hall–Kier alpha value is -3.02. The lowest BCUT2D eigenvalue weighted by molar-refractivity contribution is 0.217. The van der Waals surface area contributed by atoms with Gasteiger partial charge in [-0.05, 0) is 53.9 Å². The molecule has 0 aliphatic carbocycles. The van der Waals surface area contributed by atoms with E-state index in [9.17, 15) is 0 Å². The Morgan fingerprint density at radius 3 is 2.04 bits per heavy atom. The second kappa shape index (κ2) is 8.78. The highest BCUT2D eigenvalue weighted by atomic mass is 16.5. The second-order valence-electron chi connectivity index (χ2n) is 6.88. The van der Waals surface area contributed by atoms with Crippen molar-refractivity contribution in [1.82, 2.24) is 10.9 Å². The van der Waals surface area contributed by atoms with Crippen LogP contribution >= 0.6 is 0 Å². The Morgan fingerprint density at radius 1 is 0.714 bits per heavy atom. The Kier molecular flexibility index (Phi) is 5.75. The molecule has 2 unspecified atom stereocenters. The first kappa shape index (κ1) is 18.3. The average molecular weight is 375 g/mol. The summed E-state index contributed by atoms with van der Waals surface area (Å²) in [7, 11) is 0. The molecule has 3 aromatic rings. The molecule has 2 atom stereocenters. The van der Waals surface area contributed by atoms with Gasteiger partial charge in [0, 0.05) is 17.8 Å². The number of rotatable bonds is 7. The van der Waals surface area contributed by atoms with Crippen LogP contribution in [0.3, 0.4) is 0 Å². The maximum atomic E-state index is 5.90. The summed E-state index contributed by atoms with van der Waals surface area (Å²) >= 11 is 0. The SMILES string of the molecule is Nc1cccc(C2CC(c3ccc(OCCOc4ccccc4)cc3)NN2)c1. The smallest absolute Gasteiger partial charge is 0.122 e. The quantitative estimate of drug-likeness (QED) is 0.430. The van der Waals surface area contributed by atoms with Gasteiger partial charge in [0.1, 0.15) is 24.7 Å². The first-order valence-corrected chi connectivity index (χ1v) is 9.55. The number of anilines is 1. The normalized spacial score (nSPS) is 18.7. The summed E-state index contributed by atoms with van der Waals surface area (Å²) in [5, 5.41) is 0. The maximum Gasteiger partial charge on any atom is 0.122 e. The third-order valence-corrected chi connectivity index (χ3v) is 4.86. The van der Waals surface area contributed by atoms with Crippen LogP contribution in [0.2, 0.25) is 0 Å². The highest BCUT2D eigenvalue weighted by Crippen LogP contribution is 2.32. The van der Waals surface area contributed by atoms with Gasteiger partial charge in [-0.25, -0.2) is 10.9 Å². The molecule has 0 radical (unpaired) electrons. The molecule has 28 heavy (non-hydrogen) atoms. The highest BCUT2D eigenvalue weighted by molar-refractivity contribution is 5.42. The van der Waals surface area contributed by atoms with Crippen molar-refractivity contribution in [3.05, 3.63) is 90.0 Å². The molecule has 1 aliphatic heterocycles. The molecule has 0 spiro atoms. The van der Waals surface area contributed by atoms with Crippen molar-refractivity contribution >= 4 is 5.69 Å². The van der Waals surface area contributed by atoms with E-state index >= 15 is 0 Å². The standard InChI is InChI=1S/C23H25N3O2/c24-19-6-4-5-18(15-19)23-16-22(25-26-23)17-9-11-21(12-10-17)28-14-13-27-20-7-2-1-3-8-20/h1-12,15,22-23,25-26H,13-14,16,24H2. The Balaban J connectivity index is 1.26. The van der Waals surface area contributed by atoms with Crippen LogP contribution in [-0.4, -0.2) is 13.2 Å². The van der Waals surface area contributed by atoms with Gasteiger partial charge in [-0.1, -0.05) is 42.5 Å². The van der Waals surface area contributed by atoms with Crippen LogP contribution in [0.15, 0.2) is 78.9 Å². The molecule has 0 amide bonds. The van der Waals surface area contributed by atoms with Crippen LogP contribution in [0.25, 0.3) is 0 Å². The molecule has 0 bridgehead atoms. The summed E-state index contributed by atoms with van der Waals surface area (Å²) in [4.78, 5) is 0. The molecule has 144 valence electrons. The van der Waals surface area contributed by atoms with E-state index in [0.717, 1.165) is 23.6 Å². The van der Waals surface area contributed by atoms with Crippen molar-refractivity contribution in [1.29, 1.82) is 0 Å². The number of nitrogens with one attached hydrogen (secondary N) is 2. The lowest BCUT2D eigenvalue weighted by Gasteiger charge is -2.12. The number of hydrazine groups is 1. The first-order valence-electron chi connectivity index (χ1n) is 9.55. The zero-order valence-electron chi connectivity index (χ0n) is 15.7. The topological polar surface area (TPSA) is 68.5 Å².